The highest BCUT2D eigenvalue weighted by Gasteiger charge is 2.29. The number of esters is 1. The number of hydrogen-bond acceptors (Lipinski definition) is 5. The van der Waals surface area contributed by atoms with Crippen molar-refractivity contribution in [2.45, 2.75) is 26.7 Å². The maximum atomic E-state index is 12.8. The van der Waals surface area contributed by atoms with E-state index in [0.29, 0.717) is 47.1 Å². The summed E-state index contributed by atoms with van der Waals surface area (Å²) in [4.78, 5) is 40.2. The van der Waals surface area contributed by atoms with Gasteiger partial charge in [0.1, 0.15) is 5.00 Å². The largest absolute Gasteiger partial charge is 0.465 e. The molecule has 0 spiro atoms. The molecule has 0 bridgehead atoms. The number of ether oxygens (including phenoxy) is 1. The van der Waals surface area contributed by atoms with Crippen molar-refractivity contribution in [1.82, 2.24) is 4.90 Å². The minimum Gasteiger partial charge on any atom is -0.465 e. The van der Waals surface area contributed by atoms with Crippen molar-refractivity contribution in [3.63, 3.8) is 0 Å². The molecule has 1 N–H and O–H groups in total. The maximum Gasteiger partial charge on any atom is 0.341 e. The van der Waals surface area contributed by atoms with Gasteiger partial charge in [-0.15, -0.1) is 11.3 Å². The van der Waals surface area contributed by atoms with Crippen LogP contribution in [0.4, 0.5) is 5.00 Å². The summed E-state index contributed by atoms with van der Waals surface area (Å²) in [6.45, 7) is 4.76. The lowest BCUT2D eigenvalue weighted by atomic mass is 9.95. The number of likely N-dealkylation sites (tertiary alicyclic amines) is 1. The van der Waals surface area contributed by atoms with Crippen LogP contribution in [0.15, 0.2) is 24.3 Å². The third kappa shape index (κ3) is 4.62. The molecule has 1 aromatic heterocycles. The number of nitrogens with one attached hydrogen (secondary N) is 1. The van der Waals surface area contributed by atoms with Crippen molar-refractivity contribution in [2.75, 3.05) is 25.5 Å². The van der Waals surface area contributed by atoms with E-state index in [4.69, 9.17) is 16.3 Å². The summed E-state index contributed by atoms with van der Waals surface area (Å²) in [6.07, 6.45) is 1.14. The number of halogens is 1. The lowest BCUT2D eigenvalue weighted by Crippen LogP contribution is -2.41. The molecule has 2 heterocycles. The Morgan fingerprint density at radius 2 is 1.76 bits per heavy atom. The normalized spacial score (nSPS) is 14.6. The fourth-order valence-electron chi connectivity index (χ4n) is 3.40. The summed E-state index contributed by atoms with van der Waals surface area (Å²) < 4.78 is 4.85. The summed E-state index contributed by atoms with van der Waals surface area (Å²) in [5, 5.41) is 4.01. The minimum absolute atomic E-state index is 0.0574. The van der Waals surface area contributed by atoms with Gasteiger partial charge in [-0.25, -0.2) is 4.79 Å². The molecule has 1 aromatic carbocycles. The number of carbonyl (C=O) groups is 3. The molecule has 1 aliphatic rings. The number of rotatable bonds is 4. The molecule has 2 aromatic rings. The van der Waals surface area contributed by atoms with Crippen LogP contribution >= 0.6 is 22.9 Å². The van der Waals surface area contributed by atoms with E-state index in [1.807, 2.05) is 13.8 Å². The van der Waals surface area contributed by atoms with Crippen LogP contribution in [0.5, 0.6) is 0 Å². The molecule has 1 fully saturated rings. The first-order valence-electron chi connectivity index (χ1n) is 9.35. The van der Waals surface area contributed by atoms with Gasteiger partial charge in [0.15, 0.2) is 0 Å². The second-order valence-corrected chi connectivity index (χ2v) is 8.70. The van der Waals surface area contributed by atoms with Gasteiger partial charge in [0, 0.05) is 34.5 Å². The number of hydrogen-bond donors (Lipinski definition) is 1. The zero-order chi connectivity index (χ0) is 21.1. The van der Waals surface area contributed by atoms with E-state index in [1.54, 1.807) is 29.2 Å². The zero-order valence-electron chi connectivity index (χ0n) is 16.6. The second-order valence-electron chi connectivity index (χ2n) is 7.04. The predicted molar refractivity (Wildman–Crippen MR) is 114 cm³/mol. The summed E-state index contributed by atoms with van der Waals surface area (Å²) in [5.74, 6) is -0.851. The first kappa shape index (κ1) is 21.3. The quantitative estimate of drug-likeness (QED) is 0.728. The number of thiophene rings is 1. The Balaban J connectivity index is 1.62. The molecule has 29 heavy (non-hydrogen) atoms. The van der Waals surface area contributed by atoms with Gasteiger partial charge >= 0.3 is 5.97 Å². The monoisotopic (exact) mass is 434 g/mol. The molecule has 0 atom stereocenters. The van der Waals surface area contributed by atoms with Crippen molar-refractivity contribution in [3.05, 3.63) is 50.9 Å². The van der Waals surface area contributed by atoms with Gasteiger partial charge in [-0.1, -0.05) is 11.6 Å². The van der Waals surface area contributed by atoms with E-state index in [1.165, 1.54) is 18.4 Å². The predicted octanol–water partition coefficient (Wildman–Crippen LogP) is 4.30. The highest BCUT2D eigenvalue weighted by atomic mass is 35.5. The molecule has 1 saturated heterocycles. The number of carbonyl (C=O) groups excluding carboxylic acids is 3. The number of nitrogens with zero attached hydrogens (tertiary/aromatic N) is 1. The molecule has 8 heteroatoms. The van der Waals surface area contributed by atoms with Crippen LogP contribution in [0.3, 0.4) is 0 Å². The Morgan fingerprint density at radius 1 is 1.14 bits per heavy atom. The van der Waals surface area contributed by atoms with Crippen LogP contribution in [-0.2, 0) is 9.53 Å². The average Bonchev–Trinajstić information content (AvgIpc) is 3.00. The van der Waals surface area contributed by atoms with Crippen molar-refractivity contribution >= 4 is 45.7 Å². The van der Waals surface area contributed by atoms with Crippen LogP contribution in [0, 0.1) is 19.8 Å². The van der Waals surface area contributed by atoms with E-state index < -0.39 is 5.97 Å². The van der Waals surface area contributed by atoms with Gasteiger partial charge in [-0.3, -0.25) is 9.59 Å². The molecule has 0 saturated carbocycles. The van der Waals surface area contributed by atoms with Gasteiger partial charge in [0.2, 0.25) is 5.91 Å². The first-order chi connectivity index (χ1) is 13.8. The summed E-state index contributed by atoms with van der Waals surface area (Å²) in [5.41, 5.74) is 1.82. The second kappa shape index (κ2) is 8.97. The SMILES string of the molecule is COC(=O)c1c(NC(=O)C2CCN(C(=O)c3ccc(Cl)cc3)CC2)sc(C)c1C. The number of anilines is 1. The third-order valence-corrected chi connectivity index (χ3v) is 6.63. The zero-order valence-corrected chi connectivity index (χ0v) is 18.2. The smallest absolute Gasteiger partial charge is 0.341 e. The molecular formula is C21H23ClN2O4S. The Kier molecular flexibility index (Phi) is 6.59. The molecule has 0 radical (unpaired) electrons. The molecule has 6 nitrogen and oxygen atoms in total. The summed E-state index contributed by atoms with van der Waals surface area (Å²) >= 11 is 7.25. The van der Waals surface area contributed by atoms with Gasteiger partial charge in [0.25, 0.3) is 5.91 Å². The molecule has 3 rings (SSSR count). The van der Waals surface area contributed by atoms with E-state index in [-0.39, 0.29) is 17.7 Å². The topological polar surface area (TPSA) is 75.7 Å². The first-order valence-corrected chi connectivity index (χ1v) is 10.5. The number of benzene rings is 1. The van der Waals surface area contributed by atoms with E-state index in [9.17, 15) is 14.4 Å². The highest BCUT2D eigenvalue weighted by molar-refractivity contribution is 7.16. The molecule has 1 aliphatic heterocycles. The summed E-state index contributed by atoms with van der Waals surface area (Å²) in [6, 6.07) is 6.80. The van der Waals surface area contributed by atoms with Gasteiger partial charge in [0.05, 0.1) is 12.7 Å². The van der Waals surface area contributed by atoms with E-state index in [2.05, 4.69) is 5.32 Å². The van der Waals surface area contributed by atoms with Gasteiger partial charge in [-0.05, 0) is 56.5 Å². The molecule has 0 unspecified atom stereocenters. The van der Waals surface area contributed by atoms with Crippen LogP contribution in [-0.4, -0.2) is 42.9 Å². The van der Waals surface area contributed by atoms with E-state index >= 15 is 0 Å². The number of methoxy groups -OCH3 is 1. The molecular weight excluding hydrogens is 412 g/mol. The summed E-state index contributed by atoms with van der Waals surface area (Å²) in [7, 11) is 1.33. The molecule has 2 amide bonds. The number of piperidine rings is 1. The van der Waals surface area contributed by atoms with Crippen LogP contribution in [0.25, 0.3) is 0 Å². The van der Waals surface area contributed by atoms with Crippen LogP contribution in [0.1, 0.15) is 44.0 Å². The number of aryl methyl sites for hydroxylation is 1. The van der Waals surface area contributed by atoms with E-state index in [0.717, 1.165) is 10.4 Å². The lowest BCUT2D eigenvalue weighted by Gasteiger charge is -2.31. The van der Waals surface area contributed by atoms with Crippen molar-refractivity contribution in [1.29, 1.82) is 0 Å². The van der Waals surface area contributed by atoms with Crippen LogP contribution < -0.4 is 5.32 Å². The standard InChI is InChI=1S/C21H23ClN2O4S/c1-12-13(2)29-19(17(12)21(27)28-3)23-18(25)14-8-10-24(11-9-14)20(26)15-4-6-16(22)7-5-15/h4-7,14H,8-11H2,1-3H3,(H,23,25). The van der Waals surface area contributed by atoms with Crippen molar-refractivity contribution in [3.8, 4) is 0 Å². The Morgan fingerprint density at radius 3 is 2.34 bits per heavy atom. The van der Waals surface area contributed by atoms with Crippen molar-refractivity contribution < 1.29 is 19.1 Å². The number of amides is 2. The fourth-order valence-corrected chi connectivity index (χ4v) is 4.57. The van der Waals surface area contributed by atoms with Crippen LogP contribution in [0.2, 0.25) is 5.02 Å². The Hall–Kier alpha value is -2.38. The Labute approximate surface area is 178 Å². The Bertz CT molecular complexity index is 931. The fraction of sp³-hybridized carbons (Fsp3) is 0.381. The van der Waals surface area contributed by atoms with Crippen molar-refractivity contribution in [2.24, 2.45) is 5.92 Å². The maximum absolute atomic E-state index is 12.8. The molecule has 154 valence electrons. The lowest BCUT2D eigenvalue weighted by molar-refractivity contribution is -0.121. The molecule has 0 aliphatic carbocycles. The average molecular weight is 435 g/mol. The minimum atomic E-state index is -0.453. The van der Waals surface area contributed by atoms with Gasteiger partial charge < -0.3 is 15.0 Å². The third-order valence-electron chi connectivity index (χ3n) is 5.26. The van der Waals surface area contributed by atoms with Gasteiger partial charge in [-0.2, -0.15) is 0 Å². The highest BCUT2D eigenvalue weighted by Crippen LogP contribution is 2.34.